The highest BCUT2D eigenvalue weighted by molar-refractivity contribution is 7.15. The molecule has 202 valence electrons. The molecule has 2 aromatic carbocycles. The first-order chi connectivity index (χ1) is 19.5. The Morgan fingerprint density at radius 1 is 1.10 bits per heavy atom. The minimum absolute atomic E-state index is 0.415. The summed E-state index contributed by atoms with van der Waals surface area (Å²) in [7, 11) is 1.55. The van der Waals surface area contributed by atoms with Crippen LogP contribution in [0.3, 0.4) is 0 Å². The van der Waals surface area contributed by atoms with Crippen molar-refractivity contribution in [3.8, 4) is 22.3 Å². The molecule has 0 radical (unpaired) electrons. The van der Waals surface area contributed by atoms with E-state index in [-0.39, 0.29) is 0 Å². The number of thiophene rings is 1. The summed E-state index contributed by atoms with van der Waals surface area (Å²) in [6.07, 6.45) is 11.0. The number of rotatable bonds is 7. The van der Waals surface area contributed by atoms with Gasteiger partial charge in [-0.1, -0.05) is 35.3 Å². The largest absolute Gasteiger partial charge is 0.495 e. The Balaban J connectivity index is 1.22. The Morgan fingerprint density at radius 3 is 2.70 bits per heavy atom. The number of benzene rings is 2. The number of nitriles is 1. The zero-order valence-corrected chi connectivity index (χ0v) is 24.3. The van der Waals surface area contributed by atoms with E-state index in [0.29, 0.717) is 32.7 Å². The Morgan fingerprint density at radius 2 is 1.95 bits per heavy atom. The van der Waals surface area contributed by atoms with E-state index in [1.54, 1.807) is 36.8 Å². The zero-order valence-electron chi connectivity index (χ0n) is 22.0. The number of nitrogens with zero attached hydrogens (tertiary/aromatic N) is 4. The van der Waals surface area contributed by atoms with Crippen LogP contribution < -0.4 is 10.1 Å². The van der Waals surface area contributed by atoms with Gasteiger partial charge in [-0.2, -0.15) is 5.26 Å². The molecule has 0 spiro atoms. The molecule has 0 bridgehead atoms. The summed E-state index contributed by atoms with van der Waals surface area (Å²) in [5.74, 6) is 0.490. The van der Waals surface area contributed by atoms with E-state index >= 15 is 0 Å². The Labute approximate surface area is 247 Å². The maximum Gasteiger partial charge on any atom is 0.139 e. The number of nitrogens with one attached hydrogen (secondary N) is 1. The Hall–Kier alpha value is -3.70. The summed E-state index contributed by atoms with van der Waals surface area (Å²) >= 11 is 14.5. The first kappa shape index (κ1) is 26.5. The highest BCUT2D eigenvalue weighted by Gasteiger charge is 2.17. The molecule has 6 nitrogen and oxygen atoms in total. The maximum absolute atomic E-state index is 9.79. The molecule has 0 saturated carbocycles. The number of hydrogen-bond donors (Lipinski definition) is 1. The second-order valence-corrected chi connectivity index (χ2v) is 11.8. The summed E-state index contributed by atoms with van der Waals surface area (Å²) < 4.78 is 5.34. The van der Waals surface area contributed by atoms with Crippen molar-refractivity contribution in [2.24, 2.45) is 0 Å². The number of ether oxygens (including phenoxy) is 1. The van der Waals surface area contributed by atoms with E-state index in [1.807, 2.05) is 6.07 Å². The normalized spacial score (nSPS) is 14.9. The topological polar surface area (TPSA) is 64.4 Å². The van der Waals surface area contributed by atoms with Crippen LogP contribution in [0, 0.1) is 11.3 Å². The molecule has 0 aliphatic carbocycles. The molecule has 0 unspecified atom stereocenters. The molecule has 1 fully saturated rings. The fourth-order valence-corrected chi connectivity index (χ4v) is 6.69. The van der Waals surface area contributed by atoms with Crippen LogP contribution in [-0.4, -0.2) is 41.5 Å². The number of allylic oxidation sites excluding steroid dienone is 1. The molecule has 6 rings (SSSR count). The quantitative estimate of drug-likeness (QED) is 0.235. The minimum Gasteiger partial charge on any atom is -0.495 e. The highest BCUT2D eigenvalue weighted by atomic mass is 35.5. The van der Waals surface area contributed by atoms with Gasteiger partial charge < -0.3 is 19.9 Å². The summed E-state index contributed by atoms with van der Waals surface area (Å²) in [4.78, 5) is 11.9. The van der Waals surface area contributed by atoms with Crippen molar-refractivity contribution in [3.05, 3.63) is 93.2 Å². The van der Waals surface area contributed by atoms with Crippen molar-refractivity contribution in [3.63, 3.8) is 0 Å². The summed E-state index contributed by atoms with van der Waals surface area (Å²) in [6.45, 7) is 4.14. The third kappa shape index (κ3) is 5.35. The standard InChI is InChI=1S/C31H27Cl2N5OS/c1-39-29-16-28(25(32)15-26(29)33)36-31-21(17-34)18-35-27-14-20(4-6-24(27)31)30-7-5-23(40-30)19-37-12-8-22(9-13-37)38-10-2-3-11-38/h4-9,12,14-16,18H,2-3,10-11,13,19H2,1H3,(H,35,36). The molecule has 0 amide bonds. The molecule has 2 aromatic heterocycles. The van der Waals surface area contributed by atoms with Gasteiger partial charge in [0.1, 0.15) is 11.8 Å². The second-order valence-electron chi connectivity index (χ2n) is 9.82. The summed E-state index contributed by atoms with van der Waals surface area (Å²) in [5.41, 5.74) is 4.87. The van der Waals surface area contributed by atoms with Crippen LogP contribution in [0.1, 0.15) is 23.3 Å². The number of anilines is 2. The van der Waals surface area contributed by atoms with Crippen molar-refractivity contribution in [1.29, 1.82) is 5.26 Å². The molecule has 2 aliphatic rings. The van der Waals surface area contributed by atoms with Gasteiger partial charge in [0.25, 0.3) is 0 Å². The predicted molar refractivity (Wildman–Crippen MR) is 165 cm³/mol. The molecule has 9 heteroatoms. The lowest BCUT2D eigenvalue weighted by atomic mass is 10.1. The van der Waals surface area contributed by atoms with Gasteiger partial charge in [0.2, 0.25) is 0 Å². The van der Waals surface area contributed by atoms with Crippen LogP contribution in [0.2, 0.25) is 10.0 Å². The molecule has 1 N–H and O–H groups in total. The third-order valence-electron chi connectivity index (χ3n) is 7.26. The number of methoxy groups -OCH3 is 1. The van der Waals surface area contributed by atoms with Crippen molar-refractivity contribution in [2.45, 2.75) is 19.4 Å². The van der Waals surface area contributed by atoms with Gasteiger partial charge in [0.05, 0.1) is 46.2 Å². The van der Waals surface area contributed by atoms with Gasteiger partial charge in [0, 0.05) is 58.9 Å². The fraction of sp³-hybridized carbons (Fsp3) is 0.226. The van der Waals surface area contributed by atoms with E-state index in [0.717, 1.165) is 29.6 Å². The molecule has 40 heavy (non-hydrogen) atoms. The first-order valence-electron chi connectivity index (χ1n) is 13.1. The molecular weight excluding hydrogens is 561 g/mol. The van der Waals surface area contributed by atoms with Crippen LogP contribution in [0.5, 0.6) is 5.75 Å². The molecule has 4 aromatic rings. The summed E-state index contributed by atoms with van der Waals surface area (Å²) in [5, 5.41) is 14.8. The molecule has 0 atom stereocenters. The van der Waals surface area contributed by atoms with Crippen LogP contribution >= 0.6 is 34.5 Å². The number of aromatic nitrogens is 1. The van der Waals surface area contributed by atoms with E-state index in [2.05, 4.69) is 68.8 Å². The Kier molecular flexibility index (Phi) is 7.57. The first-order valence-corrected chi connectivity index (χ1v) is 14.7. The second kappa shape index (κ2) is 11.4. The average molecular weight is 589 g/mol. The van der Waals surface area contributed by atoms with Crippen molar-refractivity contribution in [2.75, 3.05) is 32.1 Å². The van der Waals surface area contributed by atoms with E-state index in [1.165, 1.54) is 41.4 Å². The molecule has 1 saturated heterocycles. The monoisotopic (exact) mass is 587 g/mol. The number of likely N-dealkylation sites (tertiary alicyclic amines) is 1. The van der Waals surface area contributed by atoms with Crippen molar-refractivity contribution < 1.29 is 4.74 Å². The van der Waals surface area contributed by atoms with Gasteiger partial charge in [0.15, 0.2) is 0 Å². The van der Waals surface area contributed by atoms with Crippen molar-refractivity contribution in [1.82, 2.24) is 14.8 Å². The van der Waals surface area contributed by atoms with E-state index < -0.39 is 0 Å². The van der Waals surface area contributed by atoms with Gasteiger partial charge in [-0.25, -0.2) is 0 Å². The fourth-order valence-electron chi connectivity index (χ4n) is 5.15. The lowest BCUT2D eigenvalue weighted by Gasteiger charge is -2.26. The van der Waals surface area contributed by atoms with Gasteiger partial charge in [-0.3, -0.25) is 4.98 Å². The van der Waals surface area contributed by atoms with Gasteiger partial charge in [-0.15, -0.1) is 11.3 Å². The lowest BCUT2D eigenvalue weighted by Crippen LogP contribution is -2.24. The smallest absolute Gasteiger partial charge is 0.139 e. The van der Waals surface area contributed by atoms with Gasteiger partial charge >= 0.3 is 0 Å². The number of fused-ring (bicyclic) bond motifs is 1. The van der Waals surface area contributed by atoms with Crippen LogP contribution in [-0.2, 0) is 6.54 Å². The zero-order chi connectivity index (χ0) is 27.6. The number of pyridine rings is 1. The van der Waals surface area contributed by atoms with Crippen LogP contribution in [0.15, 0.2) is 72.7 Å². The van der Waals surface area contributed by atoms with Crippen LogP contribution in [0.4, 0.5) is 11.4 Å². The minimum atomic E-state index is 0.415. The molecule has 4 heterocycles. The molecular formula is C31H27Cl2N5OS. The van der Waals surface area contributed by atoms with Gasteiger partial charge in [-0.05, 0) is 54.8 Å². The third-order valence-corrected chi connectivity index (χ3v) is 8.99. The summed E-state index contributed by atoms with van der Waals surface area (Å²) in [6, 6.07) is 16.1. The van der Waals surface area contributed by atoms with Crippen LogP contribution in [0.25, 0.3) is 21.3 Å². The van der Waals surface area contributed by atoms with E-state index in [9.17, 15) is 5.26 Å². The number of hydrogen-bond acceptors (Lipinski definition) is 7. The predicted octanol–water partition coefficient (Wildman–Crippen LogP) is 8.20. The maximum atomic E-state index is 9.79. The SMILES string of the molecule is COc1cc(Nc2c(C#N)cnc3cc(-c4ccc(CN5C=CC(N6CCCC6)=CC5)s4)ccc23)c(Cl)cc1Cl. The average Bonchev–Trinajstić information content (AvgIpc) is 3.68. The Bertz CT molecular complexity index is 1680. The molecule has 2 aliphatic heterocycles. The van der Waals surface area contributed by atoms with E-state index in [4.69, 9.17) is 27.9 Å². The number of halogens is 2. The lowest BCUT2D eigenvalue weighted by molar-refractivity contribution is 0.381. The highest BCUT2D eigenvalue weighted by Crippen LogP contribution is 2.39. The van der Waals surface area contributed by atoms with Crippen molar-refractivity contribution >= 4 is 56.8 Å².